The number of hydrogen-bond donors (Lipinski definition) is 1. The van der Waals surface area contributed by atoms with E-state index < -0.39 is 6.10 Å². The van der Waals surface area contributed by atoms with Crippen LogP contribution in [0.2, 0.25) is 0 Å². The van der Waals surface area contributed by atoms with Gasteiger partial charge in [0.05, 0.1) is 31.5 Å². The van der Waals surface area contributed by atoms with Crippen molar-refractivity contribution in [2.45, 2.75) is 63.6 Å². The SMILES string of the molecule is COc1cccc(CC(O)c2c(OC3CCCCO3)ccc3c2cnn3C2CCCCO2)c1. The van der Waals surface area contributed by atoms with Crippen molar-refractivity contribution in [3.63, 3.8) is 0 Å². The summed E-state index contributed by atoms with van der Waals surface area (Å²) >= 11 is 0. The molecule has 3 heterocycles. The number of benzene rings is 2. The van der Waals surface area contributed by atoms with Gasteiger partial charge in [-0.05, 0) is 61.9 Å². The summed E-state index contributed by atoms with van der Waals surface area (Å²) in [5.41, 5.74) is 2.67. The second-order valence-electron chi connectivity index (χ2n) is 8.81. The summed E-state index contributed by atoms with van der Waals surface area (Å²) < 4.78 is 25.4. The van der Waals surface area contributed by atoms with Gasteiger partial charge in [0.1, 0.15) is 11.5 Å². The summed E-state index contributed by atoms with van der Waals surface area (Å²) in [5.74, 6) is 1.42. The zero-order valence-corrected chi connectivity index (χ0v) is 19.1. The Balaban J connectivity index is 1.51. The Bertz CT molecular complexity index is 1070. The van der Waals surface area contributed by atoms with Crippen molar-refractivity contribution in [1.82, 2.24) is 9.78 Å². The van der Waals surface area contributed by atoms with E-state index in [1.165, 1.54) is 0 Å². The summed E-state index contributed by atoms with van der Waals surface area (Å²) in [5, 5.41) is 17.0. The molecular weight excluding hydrogens is 420 g/mol. The normalized spacial score (nSPS) is 22.2. The molecule has 0 aliphatic carbocycles. The van der Waals surface area contributed by atoms with Gasteiger partial charge in [0.2, 0.25) is 0 Å². The largest absolute Gasteiger partial charge is 0.497 e. The van der Waals surface area contributed by atoms with Crippen molar-refractivity contribution in [3.05, 3.63) is 53.7 Å². The standard InChI is InChI=1S/C26H32N2O5/c1-30-19-8-6-7-18(15-19)16-22(29)26-20-17-27-28(24-9-2-4-13-31-24)21(20)11-12-23(26)33-25-10-3-5-14-32-25/h6-8,11-12,15,17,22,24-25,29H,2-5,9-10,13-14,16H2,1H3. The number of aliphatic hydroxyl groups excluding tert-OH is 1. The summed E-state index contributed by atoms with van der Waals surface area (Å²) in [6, 6.07) is 11.7. The summed E-state index contributed by atoms with van der Waals surface area (Å²) in [6.07, 6.45) is 7.23. The van der Waals surface area contributed by atoms with E-state index in [0.29, 0.717) is 18.8 Å². The molecule has 7 nitrogen and oxygen atoms in total. The van der Waals surface area contributed by atoms with Crippen LogP contribution in [0.4, 0.5) is 0 Å². The second kappa shape index (κ2) is 10.1. The summed E-state index contributed by atoms with van der Waals surface area (Å²) in [7, 11) is 1.65. The average molecular weight is 453 g/mol. The van der Waals surface area contributed by atoms with Crippen LogP contribution in [0.3, 0.4) is 0 Å². The first-order chi connectivity index (χ1) is 16.2. The Kier molecular flexibility index (Phi) is 6.80. The molecule has 0 saturated carbocycles. The fourth-order valence-corrected chi connectivity index (χ4v) is 4.79. The van der Waals surface area contributed by atoms with Gasteiger partial charge in [-0.15, -0.1) is 0 Å². The number of ether oxygens (including phenoxy) is 4. The highest BCUT2D eigenvalue weighted by Crippen LogP contribution is 2.38. The number of aromatic nitrogens is 2. The Morgan fingerprint density at radius 1 is 1.09 bits per heavy atom. The molecule has 33 heavy (non-hydrogen) atoms. The first-order valence-corrected chi connectivity index (χ1v) is 11.9. The third kappa shape index (κ3) is 4.86. The molecular formula is C26H32N2O5. The molecule has 2 aliphatic heterocycles. The zero-order valence-electron chi connectivity index (χ0n) is 19.1. The Morgan fingerprint density at radius 3 is 2.70 bits per heavy atom. The van der Waals surface area contributed by atoms with Gasteiger partial charge in [-0.2, -0.15) is 5.10 Å². The average Bonchev–Trinajstić information content (AvgIpc) is 3.29. The van der Waals surface area contributed by atoms with Crippen LogP contribution >= 0.6 is 0 Å². The fourth-order valence-electron chi connectivity index (χ4n) is 4.79. The monoisotopic (exact) mass is 452 g/mol. The topological polar surface area (TPSA) is 75.0 Å². The lowest BCUT2D eigenvalue weighted by Gasteiger charge is -2.26. The zero-order chi connectivity index (χ0) is 22.6. The molecule has 0 bridgehead atoms. The number of hydrogen-bond acceptors (Lipinski definition) is 6. The first kappa shape index (κ1) is 22.2. The number of methoxy groups -OCH3 is 1. The van der Waals surface area contributed by atoms with Gasteiger partial charge in [0, 0.05) is 30.4 Å². The maximum atomic E-state index is 11.4. The van der Waals surface area contributed by atoms with Crippen molar-refractivity contribution in [1.29, 1.82) is 0 Å². The number of nitrogens with zero attached hydrogens (tertiary/aromatic N) is 2. The molecule has 0 amide bonds. The van der Waals surface area contributed by atoms with Gasteiger partial charge in [-0.1, -0.05) is 12.1 Å². The predicted molar refractivity (Wildman–Crippen MR) is 124 cm³/mol. The molecule has 3 unspecified atom stereocenters. The molecule has 3 aromatic rings. The minimum Gasteiger partial charge on any atom is -0.497 e. The minimum atomic E-state index is -0.774. The van der Waals surface area contributed by atoms with Crippen LogP contribution < -0.4 is 9.47 Å². The number of fused-ring (bicyclic) bond motifs is 1. The van der Waals surface area contributed by atoms with Gasteiger partial charge in [-0.25, -0.2) is 4.68 Å². The smallest absolute Gasteiger partial charge is 0.199 e. The third-order valence-electron chi connectivity index (χ3n) is 6.50. The van der Waals surface area contributed by atoms with Crippen LogP contribution in [0.1, 0.15) is 62.0 Å². The van der Waals surface area contributed by atoms with Crippen LogP contribution in [0.15, 0.2) is 42.6 Å². The quantitative estimate of drug-likeness (QED) is 0.548. The van der Waals surface area contributed by atoms with Crippen LogP contribution in [0.25, 0.3) is 10.9 Å². The molecule has 2 aliphatic rings. The molecule has 7 heteroatoms. The molecule has 5 rings (SSSR count). The highest BCUT2D eigenvalue weighted by molar-refractivity contribution is 5.85. The van der Waals surface area contributed by atoms with Gasteiger partial charge in [-0.3, -0.25) is 0 Å². The van der Waals surface area contributed by atoms with E-state index in [1.807, 2.05) is 47.3 Å². The van der Waals surface area contributed by atoms with Crippen molar-refractivity contribution >= 4 is 10.9 Å². The molecule has 2 fully saturated rings. The Morgan fingerprint density at radius 2 is 1.94 bits per heavy atom. The molecule has 2 aromatic carbocycles. The number of aliphatic hydroxyl groups is 1. The van der Waals surface area contributed by atoms with Crippen LogP contribution in [-0.2, 0) is 15.9 Å². The second-order valence-corrected chi connectivity index (χ2v) is 8.81. The van der Waals surface area contributed by atoms with Crippen LogP contribution in [0.5, 0.6) is 11.5 Å². The maximum absolute atomic E-state index is 11.4. The van der Waals surface area contributed by atoms with E-state index in [9.17, 15) is 5.11 Å². The van der Waals surface area contributed by atoms with E-state index in [0.717, 1.165) is 72.9 Å². The van der Waals surface area contributed by atoms with Gasteiger partial charge in [0.25, 0.3) is 0 Å². The molecule has 1 N–H and O–H groups in total. The van der Waals surface area contributed by atoms with E-state index in [4.69, 9.17) is 18.9 Å². The predicted octanol–water partition coefficient (Wildman–Crippen LogP) is 4.93. The lowest BCUT2D eigenvalue weighted by Crippen LogP contribution is -2.25. The highest BCUT2D eigenvalue weighted by atomic mass is 16.7. The minimum absolute atomic E-state index is 0.0759. The lowest BCUT2D eigenvalue weighted by atomic mass is 9.97. The van der Waals surface area contributed by atoms with Gasteiger partial charge < -0.3 is 24.1 Å². The molecule has 176 valence electrons. The van der Waals surface area contributed by atoms with E-state index >= 15 is 0 Å². The van der Waals surface area contributed by atoms with Crippen molar-refractivity contribution in [2.24, 2.45) is 0 Å². The van der Waals surface area contributed by atoms with Gasteiger partial charge in [0.15, 0.2) is 12.5 Å². The van der Waals surface area contributed by atoms with Crippen molar-refractivity contribution in [3.8, 4) is 11.5 Å². The molecule has 2 saturated heterocycles. The van der Waals surface area contributed by atoms with E-state index in [-0.39, 0.29) is 12.5 Å². The maximum Gasteiger partial charge on any atom is 0.199 e. The Labute approximate surface area is 194 Å². The third-order valence-corrected chi connectivity index (χ3v) is 6.50. The molecule has 0 radical (unpaired) electrons. The first-order valence-electron chi connectivity index (χ1n) is 11.9. The van der Waals surface area contributed by atoms with E-state index in [2.05, 4.69) is 5.10 Å². The number of rotatable bonds is 7. The molecule has 0 spiro atoms. The van der Waals surface area contributed by atoms with Crippen molar-refractivity contribution < 1.29 is 24.1 Å². The van der Waals surface area contributed by atoms with Crippen LogP contribution in [0, 0.1) is 0 Å². The summed E-state index contributed by atoms with van der Waals surface area (Å²) in [6.45, 7) is 1.45. The van der Waals surface area contributed by atoms with Gasteiger partial charge >= 0.3 is 0 Å². The molecule has 3 atom stereocenters. The highest BCUT2D eigenvalue weighted by Gasteiger charge is 2.26. The van der Waals surface area contributed by atoms with Crippen LogP contribution in [-0.4, -0.2) is 41.5 Å². The van der Waals surface area contributed by atoms with E-state index in [1.54, 1.807) is 7.11 Å². The lowest BCUT2D eigenvalue weighted by molar-refractivity contribution is -0.106. The van der Waals surface area contributed by atoms with Crippen molar-refractivity contribution in [2.75, 3.05) is 20.3 Å². The fraction of sp³-hybridized carbons (Fsp3) is 0.500. The molecule has 1 aromatic heterocycles. The Hall–Kier alpha value is -2.61. The summed E-state index contributed by atoms with van der Waals surface area (Å²) in [4.78, 5) is 0.